The molecule has 0 heterocycles. The monoisotopic (exact) mass is 252 g/mol. The lowest BCUT2D eigenvalue weighted by molar-refractivity contribution is -0.175. The summed E-state index contributed by atoms with van der Waals surface area (Å²) in [6.45, 7) is 3.81. The fraction of sp³-hybridized carbons (Fsp3) is 0.333. The summed E-state index contributed by atoms with van der Waals surface area (Å²) in [7, 11) is 0. The van der Waals surface area contributed by atoms with Crippen LogP contribution in [0.3, 0.4) is 0 Å². The Kier molecular flexibility index (Phi) is 5.29. The number of hydrogen-bond acceptors (Lipinski definition) is 6. The third-order valence-electron chi connectivity index (χ3n) is 2.39. The molecule has 0 saturated carbocycles. The number of hydrogen-bond donors (Lipinski definition) is 2. The van der Waals surface area contributed by atoms with Crippen LogP contribution in [0.4, 0.5) is 0 Å². The second-order valence-electron chi connectivity index (χ2n) is 3.72. The van der Waals surface area contributed by atoms with Crippen LogP contribution in [-0.2, 0) is 19.2 Å². The van der Waals surface area contributed by atoms with E-state index in [1.165, 1.54) is 0 Å². The molecule has 0 aromatic heterocycles. The van der Waals surface area contributed by atoms with Gasteiger partial charge in [0.15, 0.2) is 0 Å². The van der Waals surface area contributed by atoms with Crippen LogP contribution < -0.4 is 11.4 Å². The first-order valence-corrected chi connectivity index (χ1v) is 5.52. The molecule has 0 aliphatic carbocycles. The van der Waals surface area contributed by atoms with Crippen molar-refractivity contribution >= 4 is 11.9 Å². The quantitative estimate of drug-likeness (QED) is 0.358. The Morgan fingerprint density at radius 1 is 1.28 bits per heavy atom. The fourth-order valence-corrected chi connectivity index (χ4v) is 1.44. The molecule has 0 fully saturated rings. The van der Waals surface area contributed by atoms with Gasteiger partial charge in [0.1, 0.15) is 6.10 Å². The van der Waals surface area contributed by atoms with Crippen molar-refractivity contribution in [2.45, 2.75) is 26.4 Å². The van der Waals surface area contributed by atoms with Gasteiger partial charge in [0.05, 0.1) is 0 Å². The van der Waals surface area contributed by atoms with E-state index in [1.54, 1.807) is 5.59 Å². The number of esters is 1. The Balaban J connectivity index is 2.70. The zero-order chi connectivity index (χ0) is 13.5. The van der Waals surface area contributed by atoms with Crippen LogP contribution in [0.2, 0.25) is 0 Å². The van der Waals surface area contributed by atoms with Gasteiger partial charge < -0.3 is 9.57 Å². The first kappa shape index (κ1) is 14.1. The zero-order valence-corrected chi connectivity index (χ0v) is 10.3. The molecule has 3 N–H and O–H groups in total. The van der Waals surface area contributed by atoms with Gasteiger partial charge in [-0.3, -0.25) is 0 Å². The summed E-state index contributed by atoms with van der Waals surface area (Å²) in [6, 6.07) is 7.52. The van der Waals surface area contributed by atoms with Crippen molar-refractivity contribution in [3.63, 3.8) is 0 Å². The molecule has 0 saturated heterocycles. The molecule has 6 nitrogen and oxygen atoms in total. The molecule has 1 aromatic carbocycles. The van der Waals surface area contributed by atoms with Crippen LogP contribution in [0.15, 0.2) is 24.3 Å². The van der Waals surface area contributed by atoms with Gasteiger partial charge in [-0.2, -0.15) is 0 Å². The summed E-state index contributed by atoms with van der Waals surface area (Å²) in [5.74, 6) is 2.50. The van der Waals surface area contributed by atoms with Crippen molar-refractivity contribution in [3.05, 3.63) is 35.4 Å². The summed E-state index contributed by atoms with van der Waals surface area (Å²) in [5.41, 5.74) is 3.56. The highest BCUT2D eigenvalue weighted by Crippen LogP contribution is 2.21. The molecule has 1 aromatic rings. The molecule has 0 radical (unpaired) electrons. The Bertz CT molecular complexity index is 417. The minimum atomic E-state index is -1.18. The summed E-state index contributed by atoms with van der Waals surface area (Å²) in [6.07, 6.45) is 0.0708. The molecule has 0 aliphatic heterocycles. The average molecular weight is 252 g/mol. The number of nitrogens with one attached hydrogen (secondary N) is 1. The van der Waals surface area contributed by atoms with E-state index >= 15 is 0 Å². The van der Waals surface area contributed by atoms with Crippen LogP contribution in [0, 0.1) is 6.92 Å². The SMILES string of the molecule is CCC(OC(=O)C(=O)ONN)c1ccc(C)cc1. The lowest BCUT2D eigenvalue weighted by atomic mass is 10.1. The Morgan fingerprint density at radius 3 is 2.39 bits per heavy atom. The third kappa shape index (κ3) is 3.83. The first-order valence-electron chi connectivity index (χ1n) is 5.52. The molecule has 6 heteroatoms. The maximum Gasteiger partial charge on any atom is 0.437 e. The summed E-state index contributed by atoms with van der Waals surface area (Å²) in [4.78, 5) is 26.5. The summed E-state index contributed by atoms with van der Waals surface area (Å²) >= 11 is 0. The average Bonchev–Trinajstić information content (AvgIpc) is 2.37. The largest absolute Gasteiger partial charge is 0.449 e. The number of aryl methyl sites for hydroxylation is 1. The van der Waals surface area contributed by atoms with Gasteiger partial charge in [-0.25, -0.2) is 15.4 Å². The molecule has 1 rings (SSSR count). The van der Waals surface area contributed by atoms with E-state index in [2.05, 4.69) is 4.84 Å². The first-order chi connectivity index (χ1) is 8.58. The minimum absolute atomic E-state index is 0.483. The van der Waals surface area contributed by atoms with E-state index in [-0.39, 0.29) is 0 Å². The van der Waals surface area contributed by atoms with Gasteiger partial charge in [-0.05, 0) is 18.9 Å². The maximum atomic E-state index is 11.4. The van der Waals surface area contributed by atoms with Crippen molar-refractivity contribution in [2.24, 2.45) is 5.84 Å². The minimum Gasteiger partial charge on any atom is -0.449 e. The van der Waals surface area contributed by atoms with E-state index in [0.717, 1.165) is 11.1 Å². The molecule has 18 heavy (non-hydrogen) atoms. The highest BCUT2D eigenvalue weighted by Gasteiger charge is 2.22. The van der Waals surface area contributed by atoms with E-state index < -0.39 is 18.0 Å². The van der Waals surface area contributed by atoms with Gasteiger partial charge in [0.2, 0.25) is 0 Å². The Morgan fingerprint density at radius 2 is 1.89 bits per heavy atom. The molecular weight excluding hydrogens is 236 g/mol. The normalized spacial score (nSPS) is 11.7. The smallest absolute Gasteiger partial charge is 0.437 e. The van der Waals surface area contributed by atoms with Gasteiger partial charge in [-0.1, -0.05) is 42.3 Å². The Hall–Kier alpha value is -1.92. The molecule has 0 spiro atoms. The molecule has 0 amide bonds. The van der Waals surface area contributed by atoms with Crippen molar-refractivity contribution in [3.8, 4) is 0 Å². The van der Waals surface area contributed by atoms with Crippen LogP contribution >= 0.6 is 0 Å². The number of carbonyl (C=O) groups excluding carboxylic acids is 2. The van der Waals surface area contributed by atoms with Crippen LogP contribution in [0.5, 0.6) is 0 Å². The van der Waals surface area contributed by atoms with Gasteiger partial charge in [0.25, 0.3) is 0 Å². The van der Waals surface area contributed by atoms with Gasteiger partial charge >= 0.3 is 11.9 Å². The maximum absolute atomic E-state index is 11.4. The lowest BCUT2D eigenvalue weighted by Crippen LogP contribution is -2.32. The van der Waals surface area contributed by atoms with E-state index in [9.17, 15) is 9.59 Å². The Labute approximate surface area is 105 Å². The number of nitrogens with two attached hydrogens (primary N) is 1. The van der Waals surface area contributed by atoms with E-state index in [0.29, 0.717) is 6.42 Å². The molecule has 1 unspecified atom stereocenters. The number of ether oxygens (including phenoxy) is 1. The van der Waals surface area contributed by atoms with Crippen LogP contribution in [0.25, 0.3) is 0 Å². The third-order valence-corrected chi connectivity index (χ3v) is 2.39. The number of carbonyl (C=O) groups is 2. The predicted molar refractivity (Wildman–Crippen MR) is 63.7 cm³/mol. The highest BCUT2D eigenvalue weighted by atomic mass is 16.7. The van der Waals surface area contributed by atoms with Gasteiger partial charge in [-0.15, -0.1) is 0 Å². The topological polar surface area (TPSA) is 90.7 Å². The molecule has 98 valence electrons. The second kappa shape index (κ2) is 6.73. The van der Waals surface area contributed by atoms with Crippen LogP contribution in [-0.4, -0.2) is 11.9 Å². The lowest BCUT2D eigenvalue weighted by Gasteiger charge is -2.15. The van der Waals surface area contributed by atoms with Gasteiger partial charge in [0, 0.05) is 0 Å². The molecular formula is C12H16N2O4. The standard InChI is InChI=1S/C12H16N2O4/c1-3-10(9-6-4-8(2)5-7-9)17-11(15)12(16)18-14-13/h4-7,10,14H,3,13H2,1-2H3. The number of benzene rings is 1. The molecule has 0 bridgehead atoms. The number of rotatable bonds is 4. The number of hydrazine groups is 1. The predicted octanol–water partition coefficient (Wildman–Crippen LogP) is 0.911. The second-order valence-corrected chi connectivity index (χ2v) is 3.72. The van der Waals surface area contributed by atoms with Crippen molar-refractivity contribution in [1.29, 1.82) is 0 Å². The van der Waals surface area contributed by atoms with Crippen LogP contribution in [0.1, 0.15) is 30.6 Å². The molecule has 0 aliphatic rings. The summed E-state index contributed by atoms with van der Waals surface area (Å²) in [5, 5.41) is 0. The highest BCUT2D eigenvalue weighted by molar-refractivity contribution is 6.29. The zero-order valence-electron chi connectivity index (χ0n) is 10.3. The van der Waals surface area contributed by atoms with Crippen molar-refractivity contribution in [2.75, 3.05) is 0 Å². The molecule has 1 atom stereocenters. The van der Waals surface area contributed by atoms with Crippen molar-refractivity contribution in [1.82, 2.24) is 5.59 Å². The van der Waals surface area contributed by atoms with E-state index in [1.807, 2.05) is 38.1 Å². The summed E-state index contributed by atoms with van der Waals surface area (Å²) < 4.78 is 5.03. The fourth-order valence-electron chi connectivity index (χ4n) is 1.44. The van der Waals surface area contributed by atoms with Crippen molar-refractivity contribution < 1.29 is 19.2 Å². The van der Waals surface area contributed by atoms with E-state index in [4.69, 9.17) is 10.6 Å².